The number of nitrogens with zero attached hydrogens (tertiary/aromatic N) is 4. The van der Waals surface area contributed by atoms with Crippen LogP contribution in [0.4, 0.5) is 42.0 Å². The largest absolute Gasteiger partial charge is 0.494 e. The number of rotatable bonds is 10. The lowest BCUT2D eigenvalue weighted by molar-refractivity contribution is -0.137. The third kappa shape index (κ3) is 7.16. The van der Waals surface area contributed by atoms with Crippen molar-refractivity contribution in [2.24, 2.45) is 0 Å². The molecule has 11 nitrogen and oxygen atoms in total. The fourth-order valence-electron chi connectivity index (χ4n) is 6.59. The Kier molecular flexibility index (Phi) is 9.70. The molecule has 6 rings (SSSR count). The molecule has 0 unspecified atom stereocenters. The number of nitrogens with one attached hydrogen (secondary N) is 2. The summed E-state index contributed by atoms with van der Waals surface area (Å²) in [5.41, 5.74) is 1.62. The predicted octanol–water partition coefficient (Wildman–Crippen LogP) is 6.01. The number of halogens is 3. The van der Waals surface area contributed by atoms with Crippen LogP contribution < -0.4 is 35.0 Å². The van der Waals surface area contributed by atoms with Crippen molar-refractivity contribution < 1.29 is 36.7 Å². The molecule has 4 heterocycles. The van der Waals surface area contributed by atoms with Crippen LogP contribution in [-0.2, 0) is 15.5 Å². The van der Waals surface area contributed by atoms with Crippen molar-refractivity contribution in [2.75, 3.05) is 82.0 Å². The van der Waals surface area contributed by atoms with E-state index < -0.39 is 24.7 Å². The zero-order valence-electron chi connectivity index (χ0n) is 27.8. The maximum atomic E-state index is 14.2. The van der Waals surface area contributed by atoms with Crippen molar-refractivity contribution in [3.63, 3.8) is 0 Å². The third-order valence-electron chi connectivity index (χ3n) is 8.93. The SMILES string of the molecule is CCOC1CN(C2CCN(c3cc(OC)c(Nc4ncc(C(F)(F)F)c(Nc5ccc6c(c5P(C)(C)=O)OCCO6)n4)cc3C)CC2)C1. The summed E-state index contributed by atoms with van der Waals surface area (Å²) in [5, 5.41) is 6.09. The van der Waals surface area contributed by atoms with Crippen LogP contribution in [0.3, 0.4) is 0 Å². The highest BCUT2D eigenvalue weighted by atomic mass is 31.2. The van der Waals surface area contributed by atoms with E-state index in [0.29, 0.717) is 35.9 Å². The number of benzene rings is 2. The molecular weight excluding hydrogens is 648 g/mol. The number of hydrogen-bond acceptors (Lipinski definition) is 11. The number of piperidine rings is 1. The Labute approximate surface area is 278 Å². The van der Waals surface area contributed by atoms with Crippen LogP contribution in [0.5, 0.6) is 17.2 Å². The van der Waals surface area contributed by atoms with Crippen LogP contribution in [0.1, 0.15) is 30.9 Å². The van der Waals surface area contributed by atoms with E-state index in [1.54, 1.807) is 13.2 Å². The molecule has 3 aromatic rings. The molecule has 0 radical (unpaired) electrons. The number of alkyl halides is 3. The third-order valence-corrected chi connectivity index (χ3v) is 10.5. The second-order valence-corrected chi connectivity index (χ2v) is 15.8. The Morgan fingerprint density at radius 1 is 1.06 bits per heavy atom. The molecule has 2 saturated heterocycles. The first-order chi connectivity index (χ1) is 22.9. The number of anilines is 5. The van der Waals surface area contributed by atoms with Crippen LogP contribution in [-0.4, -0.2) is 93.5 Å². The summed E-state index contributed by atoms with van der Waals surface area (Å²) in [4.78, 5) is 13.1. The first kappa shape index (κ1) is 34.1. The Bertz CT molecular complexity index is 1690. The number of hydrogen-bond donors (Lipinski definition) is 2. The van der Waals surface area contributed by atoms with Gasteiger partial charge >= 0.3 is 6.18 Å². The minimum Gasteiger partial charge on any atom is -0.494 e. The smallest absolute Gasteiger partial charge is 0.421 e. The van der Waals surface area contributed by atoms with Crippen molar-refractivity contribution in [2.45, 2.75) is 45.0 Å². The minimum atomic E-state index is -4.76. The fraction of sp³-hybridized carbons (Fsp3) is 0.515. The topological polar surface area (TPSA) is 110 Å². The Morgan fingerprint density at radius 2 is 1.79 bits per heavy atom. The number of aryl methyl sites for hydroxylation is 1. The number of methoxy groups -OCH3 is 1. The molecule has 1 aromatic heterocycles. The van der Waals surface area contributed by atoms with Crippen molar-refractivity contribution in [1.29, 1.82) is 0 Å². The average molecular weight is 691 g/mol. The molecule has 3 aliphatic rings. The van der Waals surface area contributed by atoms with E-state index in [-0.39, 0.29) is 29.3 Å². The minimum absolute atomic E-state index is 0.0769. The van der Waals surface area contributed by atoms with Crippen LogP contribution in [0.2, 0.25) is 0 Å². The molecule has 3 aliphatic heterocycles. The number of fused-ring (bicyclic) bond motifs is 1. The van der Waals surface area contributed by atoms with E-state index in [1.807, 2.05) is 26.0 Å². The lowest BCUT2D eigenvalue weighted by atomic mass is 9.97. The van der Waals surface area contributed by atoms with Gasteiger partial charge in [-0.2, -0.15) is 18.2 Å². The molecule has 15 heteroatoms. The monoisotopic (exact) mass is 690 g/mol. The molecular formula is C33H42F3N6O5P. The second-order valence-electron chi connectivity index (χ2n) is 12.6. The average Bonchev–Trinajstić information content (AvgIpc) is 3.02. The summed E-state index contributed by atoms with van der Waals surface area (Å²) in [7, 11) is -1.51. The van der Waals surface area contributed by atoms with Crippen LogP contribution >= 0.6 is 7.14 Å². The Balaban J connectivity index is 1.24. The van der Waals surface area contributed by atoms with E-state index >= 15 is 0 Å². The second kappa shape index (κ2) is 13.6. The summed E-state index contributed by atoms with van der Waals surface area (Å²) in [6.07, 6.45) is -1.60. The van der Waals surface area contributed by atoms with Gasteiger partial charge in [-0.25, -0.2) is 4.98 Å². The lowest BCUT2D eigenvalue weighted by Crippen LogP contribution is -2.58. The first-order valence-electron chi connectivity index (χ1n) is 16.1. The lowest BCUT2D eigenvalue weighted by Gasteiger charge is -2.47. The molecule has 0 amide bonds. The predicted molar refractivity (Wildman–Crippen MR) is 180 cm³/mol. The highest BCUT2D eigenvalue weighted by Crippen LogP contribution is 2.47. The van der Waals surface area contributed by atoms with Gasteiger partial charge < -0.3 is 39.0 Å². The van der Waals surface area contributed by atoms with E-state index in [9.17, 15) is 17.7 Å². The van der Waals surface area contributed by atoms with E-state index in [0.717, 1.165) is 63.1 Å². The molecule has 0 spiro atoms. The number of likely N-dealkylation sites (tertiary alicyclic amines) is 1. The molecule has 0 bridgehead atoms. The highest BCUT2D eigenvalue weighted by Gasteiger charge is 2.37. The maximum Gasteiger partial charge on any atom is 0.421 e. The Hall–Kier alpha value is -3.74. The quantitative estimate of drug-likeness (QED) is 0.244. The van der Waals surface area contributed by atoms with Gasteiger partial charge in [0.1, 0.15) is 37.5 Å². The van der Waals surface area contributed by atoms with Crippen LogP contribution in [0.25, 0.3) is 0 Å². The van der Waals surface area contributed by atoms with Gasteiger partial charge in [0.2, 0.25) is 5.95 Å². The summed E-state index contributed by atoms with van der Waals surface area (Å²) in [5.74, 6) is 0.558. The van der Waals surface area contributed by atoms with Gasteiger partial charge in [0.15, 0.2) is 11.5 Å². The van der Waals surface area contributed by atoms with E-state index in [1.165, 1.54) is 19.4 Å². The van der Waals surface area contributed by atoms with Gasteiger partial charge in [-0.15, -0.1) is 0 Å². The summed E-state index contributed by atoms with van der Waals surface area (Å²) >= 11 is 0. The molecule has 2 fully saturated rings. The van der Waals surface area contributed by atoms with Crippen molar-refractivity contribution in [1.82, 2.24) is 14.9 Å². The molecule has 260 valence electrons. The van der Waals surface area contributed by atoms with E-state index in [2.05, 4.69) is 30.4 Å². The molecule has 2 aromatic carbocycles. The Morgan fingerprint density at radius 3 is 2.46 bits per heavy atom. The van der Waals surface area contributed by atoms with Gasteiger partial charge in [-0.3, -0.25) is 4.90 Å². The van der Waals surface area contributed by atoms with E-state index in [4.69, 9.17) is 18.9 Å². The van der Waals surface area contributed by atoms with Gasteiger partial charge in [0.25, 0.3) is 0 Å². The number of aromatic nitrogens is 2. The summed E-state index contributed by atoms with van der Waals surface area (Å²) < 4.78 is 78.7. The van der Waals surface area contributed by atoms with Gasteiger partial charge in [0, 0.05) is 56.8 Å². The van der Waals surface area contributed by atoms with Crippen LogP contribution in [0, 0.1) is 6.92 Å². The zero-order chi connectivity index (χ0) is 34.2. The van der Waals surface area contributed by atoms with Crippen molar-refractivity contribution >= 4 is 41.3 Å². The van der Waals surface area contributed by atoms with Gasteiger partial charge in [0.05, 0.1) is 29.9 Å². The summed E-state index contributed by atoms with van der Waals surface area (Å²) in [6, 6.07) is 7.47. The molecule has 0 aliphatic carbocycles. The fourth-order valence-corrected chi connectivity index (χ4v) is 7.97. The van der Waals surface area contributed by atoms with Crippen molar-refractivity contribution in [3.8, 4) is 17.2 Å². The number of ether oxygens (including phenoxy) is 4. The molecule has 48 heavy (non-hydrogen) atoms. The molecule has 0 atom stereocenters. The normalized spacial score (nSPS) is 17.6. The molecule has 2 N–H and O–H groups in total. The standard InChI is InChI=1S/C33H42F3N6O5P/c1-6-45-22-18-42(19-22)21-9-11-41(12-10-21)26-16-28(44-3)25(15-20(26)2)39-32-37-17-23(33(34,35)36)31(40-32)38-24-7-8-27-29(47-14-13-46-27)30(24)48(4,5)43/h7-8,15-17,21-22H,6,9-14,18-19H2,1-5H3,(H2,37,38,39,40). The van der Waals surface area contributed by atoms with Gasteiger partial charge in [-0.05, 0) is 63.8 Å². The summed E-state index contributed by atoms with van der Waals surface area (Å²) in [6.45, 7) is 12.1. The first-order valence-corrected chi connectivity index (χ1v) is 18.7. The maximum absolute atomic E-state index is 14.2. The van der Waals surface area contributed by atoms with Crippen molar-refractivity contribution in [3.05, 3.63) is 41.6 Å². The van der Waals surface area contributed by atoms with Gasteiger partial charge in [-0.1, -0.05) is 0 Å². The van der Waals surface area contributed by atoms with Crippen LogP contribution in [0.15, 0.2) is 30.5 Å². The zero-order valence-corrected chi connectivity index (χ0v) is 28.7. The molecule has 0 saturated carbocycles. The highest BCUT2D eigenvalue weighted by molar-refractivity contribution is 7.70.